The van der Waals surface area contributed by atoms with Crippen molar-refractivity contribution in [1.29, 1.82) is 0 Å². The fourth-order valence-electron chi connectivity index (χ4n) is 2.14. The molecule has 1 aliphatic heterocycles. The third kappa shape index (κ3) is 3.27. The summed E-state index contributed by atoms with van der Waals surface area (Å²) in [5.41, 5.74) is 1.25. The normalized spacial score (nSPS) is 14.5. The number of carbonyl (C=O) groups excluding carboxylic acids is 2. The van der Waals surface area contributed by atoms with E-state index in [9.17, 15) is 9.59 Å². The molecule has 0 atom stereocenters. The average molecular weight is 329 g/mol. The number of fused-ring (bicyclic) bond motifs is 1. The van der Waals surface area contributed by atoms with Gasteiger partial charge in [-0.25, -0.2) is 0 Å². The van der Waals surface area contributed by atoms with Crippen LogP contribution in [0.3, 0.4) is 0 Å². The summed E-state index contributed by atoms with van der Waals surface area (Å²) >= 11 is 5.84. The van der Waals surface area contributed by atoms with Gasteiger partial charge in [-0.2, -0.15) is 0 Å². The van der Waals surface area contributed by atoms with Crippen LogP contribution in [0, 0.1) is 0 Å². The first-order chi connectivity index (χ1) is 11.1. The van der Waals surface area contributed by atoms with Crippen molar-refractivity contribution in [3.8, 4) is 11.5 Å². The minimum atomic E-state index is -0.341. The van der Waals surface area contributed by atoms with Gasteiger partial charge in [0.15, 0.2) is 5.76 Å². The van der Waals surface area contributed by atoms with Gasteiger partial charge in [0, 0.05) is 17.5 Å². The monoisotopic (exact) mass is 328 g/mol. The number of rotatable bonds is 3. The second-order valence-electron chi connectivity index (χ2n) is 4.98. The molecule has 3 rings (SSSR count). The first-order valence-electron chi connectivity index (χ1n) is 7.11. The van der Waals surface area contributed by atoms with Gasteiger partial charge in [-0.15, -0.1) is 0 Å². The fourth-order valence-corrected chi connectivity index (χ4v) is 2.27. The van der Waals surface area contributed by atoms with E-state index in [-0.39, 0.29) is 23.9 Å². The van der Waals surface area contributed by atoms with Crippen LogP contribution in [-0.4, -0.2) is 11.8 Å². The Hall–Kier alpha value is -2.59. The lowest BCUT2D eigenvalue weighted by Gasteiger charge is -2.04. The summed E-state index contributed by atoms with van der Waals surface area (Å²) in [5, 5.41) is 0.622. The van der Waals surface area contributed by atoms with E-state index in [2.05, 4.69) is 0 Å². The number of hydrogen-bond acceptors (Lipinski definition) is 4. The van der Waals surface area contributed by atoms with E-state index >= 15 is 0 Å². The number of hydrogen-bond donors (Lipinski definition) is 0. The molecule has 0 fully saturated rings. The summed E-state index contributed by atoms with van der Waals surface area (Å²) in [6.45, 7) is 1.71. The summed E-state index contributed by atoms with van der Waals surface area (Å²) < 4.78 is 10.7. The molecule has 0 spiro atoms. The highest BCUT2D eigenvalue weighted by Crippen LogP contribution is 2.35. The molecule has 0 saturated carbocycles. The predicted molar refractivity (Wildman–Crippen MR) is 86.8 cm³/mol. The van der Waals surface area contributed by atoms with Crippen LogP contribution in [0.15, 0.2) is 48.2 Å². The Morgan fingerprint density at radius 3 is 2.65 bits per heavy atom. The second-order valence-corrected chi connectivity index (χ2v) is 5.41. The van der Waals surface area contributed by atoms with Crippen LogP contribution in [0.25, 0.3) is 6.08 Å². The Balaban J connectivity index is 1.86. The molecule has 116 valence electrons. The molecule has 1 heterocycles. The van der Waals surface area contributed by atoms with Gasteiger partial charge in [0.1, 0.15) is 11.5 Å². The lowest BCUT2D eigenvalue weighted by atomic mass is 10.1. The highest BCUT2D eigenvalue weighted by molar-refractivity contribution is 6.30. The maximum Gasteiger partial charge on any atom is 0.310 e. The van der Waals surface area contributed by atoms with Gasteiger partial charge in [0.05, 0.1) is 5.56 Å². The number of ketones is 1. The minimum Gasteiger partial charge on any atom is -0.452 e. The topological polar surface area (TPSA) is 52.6 Å². The van der Waals surface area contributed by atoms with Gasteiger partial charge in [0.2, 0.25) is 5.78 Å². The van der Waals surface area contributed by atoms with Gasteiger partial charge < -0.3 is 9.47 Å². The summed E-state index contributed by atoms with van der Waals surface area (Å²) in [5.74, 6) is 0.420. The maximum absolute atomic E-state index is 12.3. The smallest absolute Gasteiger partial charge is 0.310 e. The van der Waals surface area contributed by atoms with Crippen LogP contribution in [-0.2, 0) is 4.79 Å². The molecule has 0 unspecified atom stereocenters. The van der Waals surface area contributed by atoms with Crippen molar-refractivity contribution in [1.82, 2.24) is 0 Å². The standard InChI is InChI=1S/C18H13ClO4/c1-2-17(20)22-13-7-8-14-15(10-13)23-16(18(14)21)9-11-3-5-12(19)6-4-11/h3-10H,2H2,1H3/b16-9-. The Labute approximate surface area is 138 Å². The molecule has 0 aromatic heterocycles. The molecule has 0 amide bonds. The van der Waals surface area contributed by atoms with Crippen LogP contribution < -0.4 is 9.47 Å². The Morgan fingerprint density at radius 1 is 1.22 bits per heavy atom. The molecule has 1 aliphatic rings. The molecule has 23 heavy (non-hydrogen) atoms. The van der Waals surface area contributed by atoms with Crippen molar-refractivity contribution < 1.29 is 19.1 Å². The molecule has 0 N–H and O–H groups in total. The molecule has 0 aliphatic carbocycles. The molecular formula is C18H13ClO4. The Morgan fingerprint density at radius 2 is 1.96 bits per heavy atom. The zero-order valence-corrected chi connectivity index (χ0v) is 13.1. The molecule has 0 radical (unpaired) electrons. The van der Waals surface area contributed by atoms with E-state index in [0.29, 0.717) is 22.1 Å². The molecule has 0 bridgehead atoms. The van der Waals surface area contributed by atoms with Crippen molar-refractivity contribution in [2.45, 2.75) is 13.3 Å². The summed E-state index contributed by atoms with van der Waals surface area (Å²) in [6, 6.07) is 11.8. The number of Topliss-reactive ketones (excluding diaryl/α,β-unsaturated/α-hetero) is 1. The highest BCUT2D eigenvalue weighted by Gasteiger charge is 2.27. The predicted octanol–water partition coefficient (Wildman–Crippen LogP) is 4.27. The van der Waals surface area contributed by atoms with Gasteiger partial charge in [-0.3, -0.25) is 9.59 Å². The third-order valence-electron chi connectivity index (χ3n) is 3.33. The van der Waals surface area contributed by atoms with E-state index in [0.717, 1.165) is 5.56 Å². The quantitative estimate of drug-likeness (QED) is 0.479. The second kappa shape index (κ2) is 6.26. The van der Waals surface area contributed by atoms with E-state index in [1.165, 1.54) is 0 Å². The highest BCUT2D eigenvalue weighted by atomic mass is 35.5. The van der Waals surface area contributed by atoms with Gasteiger partial charge in [-0.1, -0.05) is 30.7 Å². The summed E-state index contributed by atoms with van der Waals surface area (Å²) in [7, 11) is 0. The van der Waals surface area contributed by atoms with Crippen molar-refractivity contribution in [2.75, 3.05) is 0 Å². The van der Waals surface area contributed by atoms with E-state index in [4.69, 9.17) is 21.1 Å². The maximum atomic E-state index is 12.3. The first kappa shape index (κ1) is 15.3. The van der Waals surface area contributed by atoms with Crippen molar-refractivity contribution >= 4 is 29.4 Å². The van der Waals surface area contributed by atoms with Crippen molar-refractivity contribution in [3.05, 3.63) is 64.4 Å². The lowest BCUT2D eigenvalue weighted by Crippen LogP contribution is -2.05. The Kier molecular flexibility index (Phi) is 4.17. The van der Waals surface area contributed by atoms with Crippen LogP contribution >= 0.6 is 11.6 Å². The zero-order chi connectivity index (χ0) is 16.4. The Bertz CT molecular complexity index is 806. The third-order valence-corrected chi connectivity index (χ3v) is 3.58. The van der Waals surface area contributed by atoms with Crippen molar-refractivity contribution in [3.63, 3.8) is 0 Å². The van der Waals surface area contributed by atoms with Crippen LogP contribution in [0.2, 0.25) is 5.02 Å². The number of benzene rings is 2. The number of allylic oxidation sites excluding steroid dienone is 1. The van der Waals surface area contributed by atoms with E-state index in [1.807, 2.05) is 0 Å². The van der Waals surface area contributed by atoms with Crippen molar-refractivity contribution in [2.24, 2.45) is 0 Å². The molecular weight excluding hydrogens is 316 g/mol. The van der Waals surface area contributed by atoms with Gasteiger partial charge in [-0.05, 0) is 35.9 Å². The average Bonchev–Trinajstić information content (AvgIpc) is 2.85. The summed E-state index contributed by atoms with van der Waals surface area (Å²) in [4.78, 5) is 23.7. The van der Waals surface area contributed by atoms with Gasteiger partial charge >= 0.3 is 5.97 Å². The van der Waals surface area contributed by atoms with Crippen LogP contribution in [0.4, 0.5) is 0 Å². The fraction of sp³-hybridized carbons (Fsp3) is 0.111. The van der Waals surface area contributed by atoms with E-state index in [1.54, 1.807) is 55.5 Å². The molecule has 5 heteroatoms. The largest absolute Gasteiger partial charge is 0.452 e. The zero-order valence-electron chi connectivity index (χ0n) is 12.3. The molecule has 2 aromatic rings. The SMILES string of the molecule is CCC(=O)Oc1ccc2c(c1)O/C(=C\c1ccc(Cl)cc1)C2=O. The van der Waals surface area contributed by atoms with Crippen LogP contribution in [0.5, 0.6) is 11.5 Å². The number of ether oxygens (including phenoxy) is 2. The lowest BCUT2D eigenvalue weighted by molar-refractivity contribution is -0.134. The van der Waals surface area contributed by atoms with E-state index < -0.39 is 0 Å². The minimum absolute atomic E-state index is 0.205. The summed E-state index contributed by atoms with van der Waals surface area (Å²) in [6.07, 6.45) is 1.93. The molecule has 0 saturated heterocycles. The number of halogens is 1. The number of carbonyl (C=O) groups is 2. The van der Waals surface area contributed by atoms with Crippen LogP contribution in [0.1, 0.15) is 29.3 Å². The number of esters is 1. The van der Waals surface area contributed by atoms with Gasteiger partial charge in [0.25, 0.3) is 0 Å². The molecule has 4 nitrogen and oxygen atoms in total. The molecule has 2 aromatic carbocycles. The first-order valence-corrected chi connectivity index (χ1v) is 7.49.